The predicted molar refractivity (Wildman–Crippen MR) is 84.1 cm³/mol. The molecule has 2 fully saturated rings. The number of rotatable bonds is 4. The van der Waals surface area contributed by atoms with Crippen molar-refractivity contribution in [2.45, 2.75) is 48.8 Å². The summed E-state index contributed by atoms with van der Waals surface area (Å²) >= 11 is 7.46. The molecule has 2 aliphatic carbocycles. The minimum Gasteiger partial charge on any atom is -0.352 e. The lowest BCUT2D eigenvalue weighted by atomic mass is 9.95. The van der Waals surface area contributed by atoms with E-state index in [-0.39, 0.29) is 11.2 Å². The van der Waals surface area contributed by atoms with Gasteiger partial charge in [0.25, 0.3) is 0 Å². The highest BCUT2D eigenvalue weighted by molar-refractivity contribution is 8.00. The van der Waals surface area contributed by atoms with Crippen LogP contribution in [0.3, 0.4) is 0 Å². The van der Waals surface area contributed by atoms with E-state index in [1.54, 1.807) is 11.8 Å². The number of carbonyl (C=O) groups is 1. The second kappa shape index (κ2) is 5.98. The first kappa shape index (κ1) is 14.3. The Morgan fingerprint density at radius 3 is 2.65 bits per heavy atom. The Hall–Kier alpha value is -0.670. The summed E-state index contributed by atoms with van der Waals surface area (Å²) in [5.74, 6) is 1.77. The lowest BCUT2D eigenvalue weighted by Crippen LogP contribution is -2.42. The minimum absolute atomic E-state index is 0.0599. The molecule has 2 bridgehead atoms. The summed E-state index contributed by atoms with van der Waals surface area (Å²) in [5.41, 5.74) is 0. The SMILES string of the molecule is C[C@H](Sc1ccc(Cl)cc1)C(=O)N[C@@H]1C[C@H]2CC[C@@H]1C2. The minimum atomic E-state index is -0.0599. The second-order valence-electron chi connectivity index (χ2n) is 6.00. The van der Waals surface area contributed by atoms with Crippen molar-refractivity contribution in [1.82, 2.24) is 5.32 Å². The fraction of sp³-hybridized carbons (Fsp3) is 0.562. The molecular formula is C16H20ClNOS. The molecule has 1 aromatic carbocycles. The fourth-order valence-corrected chi connectivity index (χ4v) is 4.49. The van der Waals surface area contributed by atoms with Crippen molar-refractivity contribution in [3.05, 3.63) is 29.3 Å². The van der Waals surface area contributed by atoms with E-state index >= 15 is 0 Å². The van der Waals surface area contributed by atoms with Crippen LogP contribution in [0.1, 0.15) is 32.6 Å². The van der Waals surface area contributed by atoms with Crippen LogP contribution in [-0.2, 0) is 4.79 Å². The Labute approximate surface area is 129 Å². The van der Waals surface area contributed by atoms with Crippen LogP contribution in [0.4, 0.5) is 0 Å². The third-order valence-electron chi connectivity index (χ3n) is 4.56. The molecule has 0 aliphatic heterocycles. The molecule has 108 valence electrons. The summed E-state index contributed by atoms with van der Waals surface area (Å²) in [6.45, 7) is 1.97. The highest BCUT2D eigenvalue weighted by Gasteiger charge is 2.40. The molecule has 20 heavy (non-hydrogen) atoms. The molecule has 2 nitrogen and oxygen atoms in total. The van der Waals surface area contributed by atoms with Crippen LogP contribution in [0.5, 0.6) is 0 Å². The Bertz CT molecular complexity index is 490. The van der Waals surface area contributed by atoms with Gasteiger partial charge in [0.05, 0.1) is 5.25 Å². The summed E-state index contributed by atoms with van der Waals surface area (Å²) in [4.78, 5) is 13.4. The summed E-state index contributed by atoms with van der Waals surface area (Å²) in [5, 5.41) is 3.93. The monoisotopic (exact) mass is 309 g/mol. The molecule has 0 unspecified atom stereocenters. The van der Waals surface area contributed by atoms with Gasteiger partial charge in [-0.05, 0) is 62.3 Å². The van der Waals surface area contributed by atoms with Gasteiger partial charge >= 0.3 is 0 Å². The van der Waals surface area contributed by atoms with E-state index in [0.29, 0.717) is 6.04 Å². The maximum atomic E-state index is 12.3. The topological polar surface area (TPSA) is 29.1 Å². The van der Waals surface area contributed by atoms with E-state index in [0.717, 1.165) is 21.8 Å². The lowest BCUT2D eigenvalue weighted by molar-refractivity contribution is -0.121. The van der Waals surface area contributed by atoms with Crippen LogP contribution in [0.25, 0.3) is 0 Å². The molecule has 0 aromatic heterocycles. The van der Waals surface area contributed by atoms with Gasteiger partial charge in [-0.25, -0.2) is 0 Å². The van der Waals surface area contributed by atoms with E-state index in [9.17, 15) is 4.79 Å². The van der Waals surface area contributed by atoms with Crippen LogP contribution >= 0.6 is 23.4 Å². The molecule has 4 atom stereocenters. The lowest BCUT2D eigenvalue weighted by Gasteiger charge is -2.24. The van der Waals surface area contributed by atoms with Gasteiger partial charge in [0.1, 0.15) is 0 Å². The van der Waals surface area contributed by atoms with E-state index in [1.807, 2.05) is 31.2 Å². The van der Waals surface area contributed by atoms with Gasteiger partial charge in [-0.2, -0.15) is 0 Å². The number of benzene rings is 1. The molecule has 4 heteroatoms. The van der Waals surface area contributed by atoms with E-state index in [2.05, 4.69) is 5.32 Å². The fourth-order valence-electron chi connectivity index (χ4n) is 3.49. The largest absolute Gasteiger partial charge is 0.352 e. The molecule has 2 aliphatic rings. The highest BCUT2D eigenvalue weighted by Crippen LogP contribution is 2.44. The first-order valence-corrected chi connectivity index (χ1v) is 8.60. The standard InChI is InChI=1S/C16H20ClNOS/c1-10(20-14-6-4-13(17)5-7-14)16(19)18-15-9-11-2-3-12(15)8-11/h4-7,10-12,15H,2-3,8-9H2,1H3,(H,18,19)/t10-,11-,12+,15+/m0/s1. The quantitative estimate of drug-likeness (QED) is 0.847. The molecule has 1 N–H and O–H groups in total. The van der Waals surface area contributed by atoms with Crippen LogP contribution < -0.4 is 5.32 Å². The average molecular weight is 310 g/mol. The Balaban J connectivity index is 1.53. The van der Waals surface area contributed by atoms with Crippen LogP contribution in [0.2, 0.25) is 5.02 Å². The van der Waals surface area contributed by atoms with Crippen molar-refractivity contribution in [3.8, 4) is 0 Å². The van der Waals surface area contributed by atoms with Crippen LogP contribution in [0, 0.1) is 11.8 Å². The number of fused-ring (bicyclic) bond motifs is 2. The van der Waals surface area contributed by atoms with Crippen molar-refractivity contribution < 1.29 is 4.79 Å². The van der Waals surface area contributed by atoms with Crippen molar-refractivity contribution in [2.24, 2.45) is 11.8 Å². The molecule has 0 radical (unpaired) electrons. The van der Waals surface area contributed by atoms with Crippen LogP contribution in [-0.4, -0.2) is 17.2 Å². The maximum Gasteiger partial charge on any atom is 0.233 e. The summed E-state index contributed by atoms with van der Waals surface area (Å²) in [7, 11) is 0. The molecule has 0 spiro atoms. The van der Waals surface area contributed by atoms with E-state index in [1.165, 1.54) is 25.7 Å². The third-order valence-corrected chi connectivity index (χ3v) is 5.93. The number of thioether (sulfide) groups is 1. The normalized spacial score (nSPS) is 29.4. The second-order valence-corrected chi connectivity index (χ2v) is 7.85. The molecule has 0 saturated heterocycles. The molecule has 1 aromatic rings. The molecule has 0 heterocycles. The zero-order valence-corrected chi connectivity index (χ0v) is 13.2. The Kier molecular flexibility index (Phi) is 4.27. The zero-order chi connectivity index (χ0) is 14.1. The number of hydrogen-bond acceptors (Lipinski definition) is 2. The molecular weight excluding hydrogens is 290 g/mol. The van der Waals surface area contributed by atoms with Crippen molar-refractivity contribution >= 4 is 29.3 Å². The summed E-state index contributed by atoms with van der Waals surface area (Å²) < 4.78 is 0. The maximum absolute atomic E-state index is 12.3. The first-order chi connectivity index (χ1) is 9.61. The van der Waals surface area contributed by atoms with Crippen molar-refractivity contribution in [1.29, 1.82) is 0 Å². The Morgan fingerprint density at radius 2 is 2.05 bits per heavy atom. The van der Waals surface area contributed by atoms with Gasteiger partial charge in [0.15, 0.2) is 0 Å². The highest BCUT2D eigenvalue weighted by atomic mass is 35.5. The Morgan fingerprint density at radius 1 is 1.30 bits per heavy atom. The number of hydrogen-bond donors (Lipinski definition) is 1. The molecule has 2 saturated carbocycles. The van der Waals surface area contributed by atoms with Crippen molar-refractivity contribution in [3.63, 3.8) is 0 Å². The number of nitrogens with one attached hydrogen (secondary N) is 1. The van der Waals surface area contributed by atoms with Gasteiger partial charge in [-0.1, -0.05) is 18.0 Å². The third kappa shape index (κ3) is 3.15. The van der Waals surface area contributed by atoms with Gasteiger partial charge in [-0.15, -0.1) is 11.8 Å². The van der Waals surface area contributed by atoms with Gasteiger partial charge in [0, 0.05) is 16.0 Å². The zero-order valence-electron chi connectivity index (χ0n) is 11.6. The summed E-state index contributed by atoms with van der Waals surface area (Å²) in [6.07, 6.45) is 5.18. The molecule has 1 amide bonds. The summed E-state index contributed by atoms with van der Waals surface area (Å²) in [6, 6.07) is 8.09. The van der Waals surface area contributed by atoms with Gasteiger partial charge in [0.2, 0.25) is 5.91 Å². The first-order valence-electron chi connectivity index (χ1n) is 7.34. The molecule has 3 rings (SSSR count). The smallest absolute Gasteiger partial charge is 0.233 e. The van der Waals surface area contributed by atoms with E-state index in [4.69, 9.17) is 11.6 Å². The van der Waals surface area contributed by atoms with E-state index < -0.39 is 0 Å². The van der Waals surface area contributed by atoms with Gasteiger partial charge < -0.3 is 5.32 Å². The predicted octanol–water partition coefficient (Wildman–Crippen LogP) is 4.13. The number of halogens is 1. The number of amides is 1. The van der Waals surface area contributed by atoms with Gasteiger partial charge in [-0.3, -0.25) is 4.79 Å². The van der Waals surface area contributed by atoms with Crippen LogP contribution in [0.15, 0.2) is 29.2 Å². The number of carbonyl (C=O) groups excluding carboxylic acids is 1. The average Bonchev–Trinajstić information content (AvgIpc) is 3.03. The van der Waals surface area contributed by atoms with Crippen molar-refractivity contribution in [2.75, 3.05) is 0 Å².